The lowest BCUT2D eigenvalue weighted by atomic mass is 9.89. The number of amides is 1. The summed E-state index contributed by atoms with van der Waals surface area (Å²) in [5.74, 6) is -1.24. The predicted octanol–water partition coefficient (Wildman–Crippen LogP) is 2.50. The molecule has 21 heavy (non-hydrogen) atoms. The second-order valence-electron chi connectivity index (χ2n) is 6.31. The van der Waals surface area contributed by atoms with E-state index in [9.17, 15) is 14.7 Å². The molecule has 0 aromatic heterocycles. The number of hydrogen-bond donors (Lipinski definition) is 1. The van der Waals surface area contributed by atoms with Crippen LogP contribution in [0.2, 0.25) is 0 Å². The van der Waals surface area contributed by atoms with Gasteiger partial charge in [0.2, 0.25) is 5.91 Å². The first-order valence-corrected chi connectivity index (χ1v) is 7.64. The van der Waals surface area contributed by atoms with Crippen molar-refractivity contribution < 1.29 is 14.7 Å². The maximum Gasteiger partial charge on any atom is 0.308 e. The maximum atomic E-state index is 12.6. The molecule has 1 aromatic rings. The van der Waals surface area contributed by atoms with Crippen LogP contribution < -0.4 is 0 Å². The van der Waals surface area contributed by atoms with Crippen molar-refractivity contribution in [2.24, 2.45) is 11.3 Å². The number of likely N-dealkylation sites (tertiary alicyclic amines) is 1. The second-order valence-corrected chi connectivity index (χ2v) is 6.31. The van der Waals surface area contributed by atoms with Gasteiger partial charge in [-0.3, -0.25) is 9.59 Å². The van der Waals surface area contributed by atoms with E-state index < -0.39 is 11.9 Å². The quantitative estimate of drug-likeness (QED) is 0.925. The molecule has 4 nitrogen and oxygen atoms in total. The van der Waals surface area contributed by atoms with Crippen LogP contribution in [0.25, 0.3) is 0 Å². The molecule has 4 heteroatoms. The van der Waals surface area contributed by atoms with Crippen molar-refractivity contribution in [1.29, 1.82) is 0 Å². The molecular formula is C17H21NO3. The summed E-state index contributed by atoms with van der Waals surface area (Å²) in [4.78, 5) is 26.0. The van der Waals surface area contributed by atoms with E-state index in [1.807, 2.05) is 37.3 Å². The Kier molecular flexibility index (Phi) is 3.47. The molecule has 0 spiro atoms. The molecule has 1 aromatic carbocycles. The van der Waals surface area contributed by atoms with Crippen molar-refractivity contribution in [3.63, 3.8) is 0 Å². The molecular weight excluding hydrogens is 266 g/mol. The number of carboxylic acid groups (broad SMARTS) is 1. The largest absolute Gasteiger partial charge is 0.481 e. The van der Waals surface area contributed by atoms with Crippen molar-refractivity contribution in [3.8, 4) is 0 Å². The summed E-state index contributed by atoms with van der Waals surface area (Å²) in [5, 5.41) is 9.48. The summed E-state index contributed by atoms with van der Waals surface area (Å²) in [6.07, 6.45) is 2.76. The minimum atomic E-state index is -0.805. The number of nitrogens with zero attached hydrogens (tertiary/aromatic N) is 1. The number of hydrogen-bond acceptors (Lipinski definition) is 2. The Hall–Kier alpha value is -1.84. The molecule has 1 amide bonds. The molecule has 2 fully saturated rings. The van der Waals surface area contributed by atoms with E-state index in [2.05, 4.69) is 0 Å². The standard InChI is InChI=1S/C17H21NO3/c1-2-17(8-9-17)16(21)18-10-13(14(11-18)15(19)20)12-6-4-3-5-7-12/h3-7,13-14H,2,8-11H2,1H3,(H,19,20)/t13-,14-/m0/s1. The normalized spacial score (nSPS) is 26.6. The first kappa shape index (κ1) is 14.1. The number of carboxylic acids is 1. The van der Waals surface area contributed by atoms with Gasteiger partial charge in [0.15, 0.2) is 0 Å². The molecule has 2 aliphatic rings. The number of carbonyl (C=O) groups excluding carboxylic acids is 1. The summed E-state index contributed by atoms with van der Waals surface area (Å²) in [6, 6.07) is 9.69. The average Bonchev–Trinajstić information content (AvgIpc) is 3.18. The zero-order chi connectivity index (χ0) is 15.0. The topological polar surface area (TPSA) is 57.6 Å². The molecule has 0 radical (unpaired) electrons. The van der Waals surface area contributed by atoms with Gasteiger partial charge < -0.3 is 10.0 Å². The van der Waals surface area contributed by atoms with E-state index >= 15 is 0 Å². The van der Waals surface area contributed by atoms with E-state index in [4.69, 9.17) is 0 Å². The van der Waals surface area contributed by atoms with Crippen LogP contribution in [0.3, 0.4) is 0 Å². The highest BCUT2D eigenvalue weighted by molar-refractivity contribution is 5.86. The molecule has 1 aliphatic carbocycles. The van der Waals surface area contributed by atoms with Gasteiger partial charge >= 0.3 is 5.97 Å². The van der Waals surface area contributed by atoms with Crippen molar-refractivity contribution in [1.82, 2.24) is 4.90 Å². The van der Waals surface area contributed by atoms with Crippen molar-refractivity contribution in [2.45, 2.75) is 32.1 Å². The van der Waals surface area contributed by atoms with Crippen LogP contribution in [0, 0.1) is 11.3 Å². The predicted molar refractivity (Wildman–Crippen MR) is 78.8 cm³/mol. The summed E-state index contributed by atoms with van der Waals surface area (Å²) in [6.45, 7) is 2.92. The molecule has 1 aliphatic heterocycles. The van der Waals surface area contributed by atoms with Gasteiger partial charge in [0.05, 0.1) is 5.92 Å². The fourth-order valence-corrected chi connectivity index (χ4v) is 3.46. The minimum Gasteiger partial charge on any atom is -0.481 e. The lowest BCUT2D eigenvalue weighted by Gasteiger charge is -2.22. The third kappa shape index (κ3) is 2.43. The molecule has 1 heterocycles. The van der Waals surface area contributed by atoms with Gasteiger partial charge in [-0.1, -0.05) is 37.3 Å². The van der Waals surface area contributed by atoms with Crippen LogP contribution in [0.15, 0.2) is 30.3 Å². The summed E-state index contributed by atoms with van der Waals surface area (Å²) in [5.41, 5.74) is 0.829. The van der Waals surface area contributed by atoms with Crippen molar-refractivity contribution in [3.05, 3.63) is 35.9 Å². The van der Waals surface area contributed by atoms with Gasteiger partial charge in [0, 0.05) is 24.4 Å². The van der Waals surface area contributed by atoms with Gasteiger partial charge in [0.25, 0.3) is 0 Å². The Labute approximate surface area is 124 Å². The van der Waals surface area contributed by atoms with Gasteiger partial charge in [0.1, 0.15) is 0 Å². The highest BCUT2D eigenvalue weighted by Crippen LogP contribution is 2.51. The smallest absolute Gasteiger partial charge is 0.308 e. The van der Waals surface area contributed by atoms with Crippen LogP contribution in [0.5, 0.6) is 0 Å². The van der Waals surface area contributed by atoms with Gasteiger partial charge in [-0.25, -0.2) is 0 Å². The van der Waals surface area contributed by atoms with Crippen LogP contribution in [0.4, 0.5) is 0 Å². The average molecular weight is 287 g/mol. The zero-order valence-electron chi connectivity index (χ0n) is 12.3. The monoisotopic (exact) mass is 287 g/mol. The third-order valence-electron chi connectivity index (χ3n) is 5.14. The van der Waals surface area contributed by atoms with E-state index in [1.54, 1.807) is 4.90 Å². The summed E-state index contributed by atoms with van der Waals surface area (Å²) < 4.78 is 0. The summed E-state index contributed by atoms with van der Waals surface area (Å²) >= 11 is 0. The van der Waals surface area contributed by atoms with E-state index in [-0.39, 0.29) is 17.2 Å². The molecule has 112 valence electrons. The van der Waals surface area contributed by atoms with E-state index in [1.165, 1.54) is 0 Å². The lowest BCUT2D eigenvalue weighted by molar-refractivity contribution is -0.142. The first-order chi connectivity index (χ1) is 10.1. The fourth-order valence-electron chi connectivity index (χ4n) is 3.46. The number of benzene rings is 1. The van der Waals surface area contributed by atoms with Gasteiger partial charge in [-0.15, -0.1) is 0 Å². The van der Waals surface area contributed by atoms with Gasteiger partial charge in [-0.05, 0) is 24.8 Å². The maximum absolute atomic E-state index is 12.6. The summed E-state index contributed by atoms with van der Waals surface area (Å²) in [7, 11) is 0. The Balaban J connectivity index is 1.82. The van der Waals surface area contributed by atoms with Crippen LogP contribution in [-0.2, 0) is 9.59 Å². The van der Waals surface area contributed by atoms with Crippen LogP contribution in [-0.4, -0.2) is 35.0 Å². The van der Waals surface area contributed by atoms with Crippen LogP contribution >= 0.6 is 0 Å². The minimum absolute atomic E-state index is 0.0969. The number of carbonyl (C=O) groups is 2. The molecule has 0 unspecified atom stereocenters. The van der Waals surface area contributed by atoms with Crippen LogP contribution in [0.1, 0.15) is 37.7 Å². The van der Waals surface area contributed by atoms with E-state index in [0.717, 1.165) is 24.8 Å². The Morgan fingerprint density at radius 3 is 2.43 bits per heavy atom. The molecule has 0 bridgehead atoms. The fraction of sp³-hybridized carbons (Fsp3) is 0.529. The third-order valence-corrected chi connectivity index (χ3v) is 5.14. The molecule has 3 rings (SSSR count). The van der Waals surface area contributed by atoms with Crippen molar-refractivity contribution >= 4 is 11.9 Å². The lowest BCUT2D eigenvalue weighted by Crippen LogP contribution is -2.36. The molecule has 1 N–H and O–H groups in total. The number of rotatable bonds is 4. The first-order valence-electron chi connectivity index (χ1n) is 7.64. The Bertz CT molecular complexity index is 550. The molecule has 1 saturated heterocycles. The van der Waals surface area contributed by atoms with Crippen molar-refractivity contribution in [2.75, 3.05) is 13.1 Å². The molecule has 1 saturated carbocycles. The molecule has 2 atom stereocenters. The SMILES string of the molecule is CCC1(C(=O)N2C[C@H](C(=O)O)[C@H](c3ccccc3)C2)CC1. The Morgan fingerprint density at radius 2 is 1.90 bits per heavy atom. The highest BCUT2D eigenvalue weighted by Gasteiger charge is 2.52. The number of aliphatic carboxylic acids is 1. The Morgan fingerprint density at radius 1 is 1.24 bits per heavy atom. The zero-order valence-corrected chi connectivity index (χ0v) is 12.3. The highest BCUT2D eigenvalue weighted by atomic mass is 16.4. The van der Waals surface area contributed by atoms with Gasteiger partial charge in [-0.2, -0.15) is 0 Å². The van der Waals surface area contributed by atoms with E-state index in [0.29, 0.717) is 13.1 Å². The second kappa shape index (κ2) is 5.17.